The fourth-order valence-electron chi connectivity index (χ4n) is 6.33. The lowest BCUT2D eigenvalue weighted by Crippen LogP contribution is -2.50. The summed E-state index contributed by atoms with van der Waals surface area (Å²) in [5, 5.41) is 6.57. The normalized spacial score (nSPS) is 23.2. The van der Waals surface area contributed by atoms with Crippen molar-refractivity contribution in [1.29, 1.82) is 0 Å². The van der Waals surface area contributed by atoms with Gasteiger partial charge in [0.05, 0.1) is 18.4 Å². The number of hydrogen-bond donors (Lipinski definition) is 3. The molecular formula is C32H39F2N4O12P. The number of oxime groups is 1. The van der Waals surface area contributed by atoms with Gasteiger partial charge in [-0.2, -0.15) is 0 Å². The Morgan fingerprint density at radius 1 is 1.16 bits per heavy atom. The van der Waals surface area contributed by atoms with Crippen molar-refractivity contribution in [2.45, 2.75) is 77.1 Å². The standard InChI is InChI=1S/C32H39F2N4O12P/c1-18-11-23-14-37(19(2)9-10-48-36-18)31(41)27-29(46-17-47-32(42)50-26-6-4-3-5-21(26)16-49-51(43,44)45)28(39)24(15-38(23)27)30(40)35-13-20-7-8-22(33)12-25(20)34/h7-8,12,15,19,21,23,26H,3-6,9-11,13-14,16-17H2,1-2H3,(H,35,40)(H2,43,44,45)/b36-18-/t19-,21-,23-,26-/m0/s1. The van der Waals surface area contributed by atoms with E-state index in [-0.39, 0.29) is 43.5 Å². The van der Waals surface area contributed by atoms with Crippen LogP contribution in [-0.2, 0) is 29.9 Å². The first-order chi connectivity index (χ1) is 24.2. The van der Waals surface area contributed by atoms with E-state index < -0.39 is 85.6 Å². The number of carbonyl (C=O) groups excluding carboxylic acids is 3. The van der Waals surface area contributed by atoms with Crippen LogP contribution in [0.5, 0.6) is 5.75 Å². The van der Waals surface area contributed by atoms with Crippen LogP contribution < -0.4 is 15.5 Å². The van der Waals surface area contributed by atoms with Crippen LogP contribution in [0.15, 0.2) is 34.3 Å². The van der Waals surface area contributed by atoms with Gasteiger partial charge in [0.15, 0.2) is 5.69 Å². The van der Waals surface area contributed by atoms with Gasteiger partial charge in [0, 0.05) is 55.7 Å². The molecule has 0 saturated heterocycles. The molecule has 3 N–H and O–H groups in total. The number of halogens is 2. The Labute approximate surface area is 290 Å². The second-order valence-electron chi connectivity index (χ2n) is 12.6. The van der Waals surface area contributed by atoms with Crippen molar-refractivity contribution in [1.82, 2.24) is 14.8 Å². The van der Waals surface area contributed by atoms with Crippen molar-refractivity contribution in [2.75, 3.05) is 26.6 Å². The van der Waals surface area contributed by atoms with E-state index in [2.05, 4.69) is 15.0 Å². The number of benzene rings is 1. The number of ether oxygens (including phenoxy) is 3. The zero-order valence-corrected chi connectivity index (χ0v) is 28.8. The molecule has 4 atom stereocenters. The van der Waals surface area contributed by atoms with Gasteiger partial charge in [-0.05, 0) is 39.2 Å². The van der Waals surface area contributed by atoms with Crippen LogP contribution in [0.3, 0.4) is 0 Å². The number of phosphoric ester groups is 1. The van der Waals surface area contributed by atoms with Crippen molar-refractivity contribution >= 4 is 31.5 Å². The zero-order valence-electron chi connectivity index (χ0n) is 27.9. The lowest BCUT2D eigenvalue weighted by Gasteiger charge is -2.40. The van der Waals surface area contributed by atoms with E-state index in [0.717, 1.165) is 18.6 Å². The maximum absolute atomic E-state index is 14.3. The van der Waals surface area contributed by atoms with Crippen molar-refractivity contribution in [2.24, 2.45) is 11.1 Å². The lowest BCUT2D eigenvalue weighted by molar-refractivity contribution is -0.0457. The molecule has 2 aromatic rings. The summed E-state index contributed by atoms with van der Waals surface area (Å²) in [4.78, 5) is 79.1. The third-order valence-electron chi connectivity index (χ3n) is 8.99. The maximum Gasteiger partial charge on any atom is 0.511 e. The Morgan fingerprint density at radius 3 is 2.67 bits per heavy atom. The second kappa shape index (κ2) is 16.3. The average Bonchev–Trinajstić information content (AvgIpc) is 3.07. The predicted molar refractivity (Wildman–Crippen MR) is 173 cm³/mol. The van der Waals surface area contributed by atoms with Crippen LogP contribution in [0.1, 0.15) is 84.8 Å². The molecule has 2 bridgehead atoms. The van der Waals surface area contributed by atoms with Gasteiger partial charge in [-0.3, -0.25) is 18.9 Å². The summed E-state index contributed by atoms with van der Waals surface area (Å²) in [7, 11) is -4.75. The van der Waals surface area contributed by atoms with Crippen LogP contribution in [0.4, 0.5) is 13.6 Å². The van der Waals surface area contributed by atoms with E-state index in [1.54, 1.807) is 11.8 Å². The van der Waals surface area contributed by atoms with E-state index in [9.17, 15) is 32.5 Å². The average molecular weight is 741 g/mol. The molecule has 16 nitrogen and oxygen atoms in total. The highest BCUT2D eigenvalue weighted by Crippen LogP contribution is 2.39. The van der Waals surface area contributed by atoms with E-state index in [1.807, 2.05) is 6.92 Å². The molecule has 2 amide bonds. The molecule has 1 aromatic heterocycles. The van der Waals surface area contributed by atoms with Gasteiger partial charge in [-0.1, -0.05) is 17.6 Å². The SMILES string of the molecule is C/C1=N/OCC[C@H](C)N2C[C@H](C1)n1cc(C(=O)NCc3ccc(F)cc3F)c(=O)c(OCOC(=O)O[C@H]3CCCC[C@H]3COP(=O)(O)O)c1C2=O. The van der Waals surface area contributed by atoms with Crippen molar-refractivity contribution in [3.8, 4) is 5.75 Å². The van der Waals surface area contributed by atoms with E-state index >= 15 is 0 Å². The van der Waals surface area contributed by atoms with Crippen molar-refractivity contribution < 1.29 is 61.1 Å². The first-order valence-electron chi connectivity index (χ1n) is 16.4. The Bertz CT molecular complexity index is 1780. The molecule has 0 spiro atoms. The molecule has 19 heteroatoms. The number of rotatable bonds is 10. The Hall–Kier alpha value is -4.38. The Balaban J connectivity index is 1.42. The molecule has 0 unspecified atom stereocenters. The third-order valence-corrected chi connectivity index (χ3v) is 9.48. The number of nitrogens with one attached hydrogen (secondary N) is 1. The summed E-state index contributed by atoms with van der Waals surface area (Å²) in [5.41, 5.74) is -1.14. The minimum atomic E-state index is -4.75. The number of pyridine rings is 1. The van der Waals surface area contributed by atoms with Gasteiger partial charge in [-0.15, -0.1) is 0 Å². The topological polar surface area (TPSA) is 205 Å². The molecule has 3 heterocycles. The molecule has 1 aliphatic carbocycles. The second-order valence-corrected chi connectivity index (χ2v) is 13.9. The number of hydrogen-bond acceptors (Lipinski definition) is 11. The van der Waals surface area contributed by atoms with E-state index in [1.165, 1.54) is 10.8 Å². The number of fused-ring (bicyclic) bond motifs is 4. The highest BCUT2D eigenvalue weighted by molar-refractivity contribution is 7.46. The molecule has 5 rings (SSSR count). The maximum atomic E-state index is 14.3. The molecule has 278 valence electrons. The van der Waals surface area contributed by atoms with Gasteiger partial charge < -0.3 is 43.6 Å². The van der Waals surface area contributed by atoms with Crippen LogP contribution >= 0.6 is 7.82 Å². The van der Waals surface area contributed by atoms with Crippen molar-refractivity contribution in [3.05, 3.63) is 63.1 Å². The minimum Gasteiger partial charge on any atom is -0.451 e. The fraction of sp³-hybridized carbons (Fsp3) is 0.531. The molecule has 1 aromatic carbocycles. The summed E-state index contributed by atoms with van der Waals surface area (Å²) >= 11 is 0. The highest BCUT2D eigenvalue weighted by Gasteiger charge is 2.39. The van der Waals surface area contributed by atoms with E-state index in [0.29, 0.717) is 37.5 Å². The number of amides is 2. The molecule has 51 heavy (non-hydrogen) atoms. The molecule has 3 aliphatic rings. The molecule has 1 saturated carbocycles. The minimum absolute atomic E-state index is 0.0429. The summed E-state index contributed by atoms with van der Waals surface area (Å²) in [6.45, 7) is 2.31. The first kappa shape index (κ1) is 37.9. The lowest BCUT2D eigenvalue weighted by atomic mass is 9.87. The summed E-state index contributed by atoms with van der Waals surface area (Å²) in [5.74, 6) is -4.33. The number of nitrogens with zero attached hydrogens (tertiary/aromatic N) is 3. The molecular weight excluding hydrogens is 701 g/mol. The smallest absolute Gasteiger partial charge is 0.451 e. The highest BCUT2D eigenvalue weighted by atomic mass is 31.2. The van der Waals surface area contributed by atoms with E-state index in [4.69, 9.17) is 28.8 Å². The Kier molecular flexibility index (Phi) is 12.1. The van der Waals surface area contributed by atoms with Gasteiger partial charge in [-0.25, -0.2) is 18.1 Å². The van der Waals surface area contributed by atoms with Gasteiger partial charge in [0.2, 0.25) is 18.0 Å². The van der Waals surface area contributed by atoms with Gasteiger partial charge in [0.25, 0.3) is 11.8 Å². The van der Waals surface area contributed by atoms with Crippen molar-refractivity contribution in [3.63, 3.8) is 0 Å². The van der Waals surface area contributed by atoms with Gasteiger partial charge >= 0.3 is 14.0 Å². The molecule has 2 aliphatic heterocycles. The zero-order chi connectivity index (χ0) is 36.9. The first-order valence-corrected chi connectivity index (χ1v) is 17.9. The number of carbonyl (C=O) groups is 3. The monoisotopic (exact) mass is 740 g/mol. The predicted octanol–water partition coefficient (Wildman–Crippen LogP) is 3.79. The third kappa shape index (κ3) is 9.49. The fourth-order valence-corrected chi connectivity index (χ4v) is 6.72. The van der Waals surface area contributed by atoms with Crippen LogP contribution in [0, 0.1) is 17.6 Å². The summed E-state index contributed by atoms with van der Waals surface area (Å²) in [6, 6.07) is 1.93. The molecule has 1 fully saturated rings. The largest absolute Gasteiger partial charge is 0.511 e. The summed E-state index contributed by atoms with van der Waals surface area (Å²) < 4.78 is 61.1. The Morgan fingerprint density at radius 2 is 1.92 bits per heavy atom. The van der Waals surface area contributed by atoms with Crippen LogP contribution in [0.25, 0.3) is 0 Å². The number of phosphoric acid groups is 1. The van der Waals surface area contributed by atoms with Crippen LogP contribution in [0.2, 0.25) is 0 Å². The number of aromatic nitrogens is 1. The summed E-state index contributed by atoms with van der Waals surface area (Å²) in [6.07, 6.45) is 2.18. The van der Waals surface area contributed by atoms with Crippen LogP contribution in [-0.4, -0.2) is 81.6 Å². The molecule has 0 radical (unpaired) electrons. The quantitative estimate of drug-likeness (QED) is 0.181. The van der Waals surface area contributed by atoms with Gasteiger partial charge in [0.1, 0.15) is 29.9 Å².